The topological polar surface area (TPSA) is 17.1 Å². The van der Waals surface area contributed by atoms with Crippen LogP contribution in [-0.2, 0) is 4.57 Å². The van der Waals surface area contributed by atoms with Gasteiger partial charge in [0.15, 0.2) is 0 Å². The molecule has 0 unspecified atom stereocenters. The van der Waals surface area contributed by atoms with Gasteiger partial charge in [0.05, 0.1) is 0 Å². The van der Waals surface area contributed by atoms with Crippen LogP contribution in [0.4, 0.5) is 0 Å². The van der Waals surface area contributed by atoms with E-state index in [1.807, 2.05) is 26.6 Å². The van der Waals surface area contributed by atoms with Gasteiger partial charge in [0.2, 0.25) is 0 Å². The van der Waals surface area contributed by atoms with E-state index < -0.39 is 7.14 Å². The van der Waals surface area contributed by atoms with Crippen molar-refractivity contribution in [1.29, 1.82) is 0 Å². The summed E-state index contributed by atoms with van der Waals surface area (Å²) >= 11 is 0. The highest BCUT2D eigenvalue weighted by molar-refractivity contribution is 7.67. The molecular weight excluding hydrogens is 155 g/mol. The summed E-state index contributed by atoms with van der Waals surface area (Å²) in [6, 6.07) is 0. The highest BCUT2D eigenvalue weighted by atomic mass is 31.2. The molecule has 0 aliphatic carbocycles. The van der Waals surface area contributed by atoms with Crippen molar-refractivity contribution in [1.82, 2.24) is 0 Å². The summed E-state index contributed by atoms with van der Waals surface area (Å²) in [4.78, 5) is 0. The van der Waals surface area contributed by atoms with Gasteiger partial charge in [-0.1, -0.05) is 26.5 Å². The first-order valence-electron chi connectivity index (χ1n) is 3.97. The van der Waals surface area contributed by atoms with Gasteiger partial charge < -0.3 is 4.57 Å². The lowest BCUT2D eigenvalue weighted by Gasteiger charge is -2.08. The van der Waals surface area contributed by atoms with Crippen molar-refractivity contribution in [2.24, 2.45) is 0 Å². The maximum Gasteiger partial charge on any atom is 0.108 e. The Morgan fingerprint density at radius 3 is 2.18 bits per heavy atom. The van der Waals surface area contributed by atoms with E-state index in [1.54, 1.807) is 6.08 Å². The first-order chi connectivity index (χ1) is 5.08. The molecule has 2 heteroatoms. The molecule has 0 N–H and O–H groups in total. The monoisotopic (exact) mass is 172 g/mol. The Labute approximate surface area is 69.6 Å². The van der Waals surface area contributed by atoms with Crippen LogP contribution in [0.1, 0.15) is 20.8 Å². The molecule has 0 amide bonds. The summed E-state index contributed by atoms with van der Waals surface area (Å²) in [6.07, 6.45) is 3.27. The lowest BCUT2D eigenvalue weighted by atomic mass is 10.4. The molecule has 0 rings (SSSR count). The zero-order chi connectivity index (χ0) is 8.91. The molecule has 0 saturated carbocycles. The molecule has 11 heavy (non-hydrogen) atoms. The van der Waals surface area contributed by atoms with E-state index in [0.29, 0.717) is 0 Å². The van der Waals surface area contributed by atoms with Crippen molar-refractivity contribution in [2.75, 3.05) is 12.3 Å². The summed E-state index contributed by atoms with van der Waals surface area (Å²) in [5, 5.41) is 0. The van der Waals surface area contributed by atoms with E-state index in [0.717, 1.165) is 17.9 Å². The normalized spacial score (nSPS) is 13.2. The summed E-state index contributed by atoms with van der Waals surface area (Å²) in [5.41, 5.74) is 1.03. The minimum Gasteiger partial charge on any atom is -0.319 e. The molecule has 0 bridgehead atoms. The first-order valence-corrected chi connectivity index (χ1v) is 6.12. The Bertz CT molecular complexity index is 196. The van der Waals surface area contributed by atoms with Crippen molar-refractivity contribution in [3.8, 4) is 0 Å². The maximum absolute atomic E-state index is 11.8. The van der Waals surface area contributed by atoms with E-state index >= 15 is 0 Å². The van der Waals surface area contributed by atoms with Gasteiger partial charge in [-0.15, -0.1) is 0 Å². The van der Waals surface area contributed by atoms with Gasteiger partial charge in [-0.3, -0.25) is 0 Å². The van der Waals surface area contributed by atoms with Crippen molar-refractivity contribution < 1.29 is 4.57 Å². The molecule has 0 radical (unpaired) electrons. The maximum atomic E-state index is 11.8. The van der Waals surface area contributed by atoms with Crippen LogP contribution < -0.4 is 0 Å². The molecule has 0 aromatic rings. The number of hydrogen-bond acceptors (Lipinski definition) is 1. The second-order valence-electron chi connectivity index (χ2n) is 2.66. The average molecular weight is 172 g/mol. The van der Waals surface area contributed by atoms with Crippen molar-refractivity contribution in [3.63, 3.8) is 0 Å². The second-order valence-corrected chi connectivity index (χ2v) is 6.09. The van der Waals surface area contributed by atoms with E-state index in [1.165, 1.54) is 0 Å². The van der Waals surface area contributed by atoms with Gasteiger partial charge in [0.25, 0.3) is 0 Å². The highest BCUT2D eigenvalue weighted by Crippen LogP contribution is 2.47. The first kappa shape index (κ1) is 10.7. The van der Waals surface area contributed by atoms with Crippen LogP contribution in [0.2, 0.25) is 0 Å². The summed E-state index contributed by atoms with van der Waals surface area (Å²) in [6.45, 7) is 9.50. The number of hydrogen-bond donors (Lipinski definition) is 0. The molecule has 0 aliphatic rings. The van der Waals surface area contributed by atoms with Gasteiger partial charge in [0, 0.05) is 12.3 Å². The van der Waals surface area contributed by atoms with E-state index in [9.17, 15) is 4.57 Å². The second kappa shape index (κ2) is 4.56. The minimum absolute atomic E-state index is 0.759. The molecule has 64 valence electrons. The Morgan fingerprint density at radius 1 is 1.45 bits per heavy atom. The Balaban J connectivity index is 4.54. The molecule has 0 saturated heterocycles. The summed E-state index contributed by atoms with van der Waals surface area (Å²) in [7, 11) is -1.99. The van der Waals surface area contributed by atoms with Gasteiger partial charge in [-0.05, 0) is 18.3 Å². The van der Waals surface area contributed by atoms with Gasteiger partial charge in [-0.25, -0.2) is 0 Å². The predicted molar refractivity (Wildman–Crippen MR) is 52.6 cm³/mol. The van der Waals surface area contributed by atoms with Crippen LogP contribution in [0.15, 0.2) is 24.0 Å². The molecule has 0 aromatic heterocycles. The Kier molecular flexibility index (Phi) is 4.44. The molecule has 0 spiro atoms. The van der Waals surface area contributed by atoms with E-state index in [2.05, 4.69) is 6.58 Å². The quantitative estimate of drug-likeness (QED) is 0.468. The third kappa shape index (κ3) is 3.57. The van der Waals surface area contributed by atoms with Gasteiger partial charge >= 0.3 is 0 Å². The third-order valence-electron chi connectivity index (χ3n) is 1.83. The lowest BCUT2D eigenvalue weighted by Crippen LogP contribution is -1.85. The molecule has 0 aromatic carbocycles. The Morgan fingerprint density at radius 2 is 1.91 bits per heavy atom. The number of allylic oxidation sites excluding steroid dienone is 2. The van der Waals surface area contributed by atoms with Crippen LogP contribution in [-0.4, -0.2) is 12.3 Å². The highest BCUT2D eigenvalue weighted by Gasteiger charge is 2.12. The summed E-state index contributed by atoms with van der Waals surface area (Å²) < 4.78 is 11.8. The largest absolute Gasteiger partial charge is 0.319 e. The third-order valence-corrected chi connectivity index (χ3v) is 4.85. The van der Waals surface area contributed by atoms with E-state index in [4.69, 9.17) is 0 Å². The molecule has 0 aliphatic heterocycles. The molecular formula is C9H17OP. The van der Waals surface area contributed by atoms with Crippen LogP contribution in [0.5, 0.6) is 0 Å². The fraction of sp³-hybridized carbons (Fsp3) is 0.556. The Hall–Kier alpha value is -0.290. The standard InChI is InChI=1S/C9H17OP/c1-5-9(4)8-11(10,6-2)7-3/h5,8H,1,6-7H2,2-4H3. The van der Waals surface area contributed by atoms with E-state index in [-0.39, 0.29) is 0 Å². The molecule has 0 atom stereocenters. The molecule has 1 nitrogen and oxygen atoms in total. The van der Waals surface area contributed by atoms with Crippen LogP contribution >= 0.6 is 7.14 Å². The van der Waals surface area contributed by atoms with Crippen molar-refractivity contribution in [3.05, 3.63) is 24.0 Å². The zero-order valence-electron chi connectivity index (χ0n) is 7.63. The molecule has 0 heterocycles. The predicted octanol–water partition coefficient (Wildman–Crippen LogP) is 3.48. The minimum atomic E-state index is -1.99. The SMILES string of the molecule is C=CC(C)=CP(=O)(CC)CC. The lowest BCUT2D eigenvalue weighted by molar-refractivity contribution is 0.582. The summed E-state index contributed by atoms with van der Waals surface area (Å²) in [5.74, 6) is 1.88. The fourth-order valence-electron chi connectivity index (χ4n) is 0.830. The van der Waals surface area contributed by atoms with Crippen LogP contribution in [0.3, 0.4) is 0 Å². The van der Waals surface area contributed by atoms with Crippen molar-refractivity contribution >= 4 is 7.14 Å². The van der Waals surface area contributed by atoms with Crippen LogP contribution in [0, 0.1) is 0 Å². The molecule has 0 fully saturated rings. The van der Waals surface area contributed by atoms with Crippen molar-refractivity contribution in [2.45, 2.75) is 20.8 Å². The number of rotatable bonds is 4. The smallest absolute Gasteiger partial charge is 0.108 e. The average Bonchev–Trinajstić information content (AvgIpc) is 2.04. The van der Waals surface area contributed by atoms with Crippen LogP contribution in [0.25, 0.3) is 0 Å². The van der Waals surface area contributed by atoms with Gasteiger partial charge in [-0.2, -0.15) is 0 Å². The zero-order valence-corrected chi connectivity index (χ0v) is 8.53. The fourth-order valence-corrected chi connectivity index (χ4v) is 2.49. The van der Waals surface area contributed by atoms with Gasteiger partial charge in [0.1, 0.15) is 7.14 Å².